The minimum atomic E-state index is 0.0605. The molecular formula is C14H17NO. The van der Waals surface area contributed by atoms with E-state index in [0.29, 0.717) is 0 Å². The van der Waals surface area contributed by atoms with Crippen molar-refractivity contribution in [3.05, 3.63) is 35.5 Å². The zero-order valence-corrected chi connectivity index (χ0v) is 9.83. The van der Waals surface area contributed by atoms with Crippen molar-refractivity contribution in [2.45, 2.75) is 25.2 Å². The van der Waals surface area contributed by atoms with Crippen LogP contribution in [-0.4, -0.2) is 16.3 Å². The molecule has 1 N–H and O–H groups in total. The lowest BCUT2D eigenvalue weighted by Gasteiger charge is -2.12. The van der Waals surface area contributed by atoms with E-state index in [1.165, 1.54) is 22.2 Å². The van der Waals surface area contributed by atoms with Crippen LogP contribution in [0.15, 0.2) is 24.3 Å². The van der Waals surface area contributed by atoms with Crippen LogP contribution in [0.5, 0.6) is 0 Å². The highest BCUT2D eigenvalue weighted by atomic mass is 16.3. The summed E-state index contributed by atoms with van der Waals surface area (Å²) in [5.74, 6) is 0. The Morgan fingerprint density at radius 1 is 1.31 bits per heavy atom. The topological polar surface area (TPSA) is 25.2 Å². The van der Waals surface area contributed by atoms with E-state index in [2.05, 4.69) is 42.8 Å². The summed E-state index contributed by atoms with van der Waals surface area (Å²) in [4.78, 5) is 0. The first-order valence-electron chi connectivity index (χ1n) is 5.85. The highest BCUT2D eigenvalue weighted by molar-refractivity contribution is 5.87. The molecule has 1 saturated carbocycles. The molecule has 2 heteroatoms. The summed E-state index contributed by atoms with van der Waals surface area (Å²) in [5, 5.41) is 10.9. The van der Waals surface area contributed by atoms with Gasteiger partial charge in [-0.1, -0.05) is 18.2 Å². The van der Waals surface area contributed by atoms with Crippen molar-refractivity contribution in [1.29, 1.82) is 0 Å². The van der Waals surface area contributed by atoms with Crippen molar-refractivity contribution >= 4 is 10.9 Å². The molecule has 0 spiro atoms. The Kier molecular flexibility index (Phi) is 1.93. The molecule has 0 bridgehead atoms. The number of aliphatic hydroxyl groups is 1. The molecule has 0 unspecified atom stereocenters. The second-order valence-electron chi connectivity index (χ2n) is 4.98. The molecule has 2 aromatic rings. The lowest BCUT2D eigenvalue weighted by atomic mass is 9.94. The van der Waals surface area contributed by atoms with Gasteiger partial charge in [0.05, 0.1) is 6.61 Å². The lowest BCUT2D eigenvalue weighted by Crippen LogP contribution is -2.13. The van der Waals surface area contributed by atoms with Gasteiger partial charge in [0.2, 0.25) is 0 Å². The number of aliphatic hydroxyl groups excluding tert-OH is 1. The first kappa shape index (κ1) is 9.91. The van der Waals surface area contributed by atoms with Crippen LogP contribution in [0, 0.1) is 6.92 Å². The molecule has 0 amide bonds. The number of nitrogens with zero attached hydrogens (tertiary/aromatic N) is 1. The van der Waals surface area contributed by atoms with Crippen molar-refractivity contribution in [3.8, 4) is 0 Å². The summed E-state index contributed by atoms with van der Waals surface area (Å²) in [6.45, 7) is 2.44. The number of aromatic nitrogens is 1. The maximum Gasteiger partial charge on any atom is 0.0528 e. The molecule has 16 heavy (non-hydrogen) atoms. The van der Waals surface area contributed by atoms with Crippen LogP contribution in [-0.2, 0) is 12.5 Å². The predicted molar refractivity (Wildman–Crippen MR) is 65.7 cm³/mol. The lowest BCUT2D eigenvalue weighted by molar-refractivity contribution is 0.255. The molecule has 1 fully saturated rings. The summed E-state index contributed by atoms with van der Waals surface area (Å²) in [7, 11) is 2.11. The predicted octanol–water partition coefficient (Wildman–Crippen LogP) is 2.51. The summed E-state index contributed by atoms with van der Waals surface area (Å²) < 4.78 is 2.24. The zero-order valence-electron chi connectivity index (χ0n) is 9.83. The molecule has 1 heterocycles. The van der Waals surface area contributed by atoms with Crippen molar-refractivity contribution in [3.63, 3.8) is 0 Å². The third-order valence-corrected chi connectivity index (χ3v) is 4.09. The Hall–Kier alpha value is -1.28. The smallest absolute Gasteiger partial charge is 0.0528 e. The molecule has 1 aromatic heterocycles. The van der Waals surface area contributed by atoms with Gasteiger partial charge in [0, 0.05) is 29.1 Å². The Morgan fingerprint density at radius 3 is 2.62 bits per heavy atom. The molecule has 3 rings (SSSR count). The summed E-state index contributed by atoms with van der Waals surface area (Å²) in [6, 6.07) is 8.48. The van der Waals surface area contributed by atoms with Crippen LogP contribution in [0.4, 0.5) is 0 Å². The fourth-order valence-corrected chi connectivity index (χ4v) is 2.83. The molecule has 1 aromatic carbocycles. The van der Waals surface area contributed by atoms with Crippen LogP contribution in [0.1, 0.15) is 24.1 Å². The third kappa shape index (κ3) is 1.11. The Bertz CT molecular complexity index is 549. The van der Waals surface area contributed by atoms with E-state index >= 15 is 0 Å². The SMILES string of the molecule is Cc1c(C2(CO)CC2)c2ccccc2n1C. The first-order chi connectivity index (χ1) is 7.69. The van der Waals surface area contributed by atoms with Gasteiger partial charge in [-0.25, -0.2) is 0 Å². The van der Waals surface area contributed by atoms with Crippen LogP contribution < -0.4 is 0 Å². The van der Waals surface area contributed by atoms with E-state index in [1.54, 1.807) is 0 Å². The number of hydrogen-bond donors (Lipinski definition) is 1. The van der Waals surface area contributed by atoms with Crippen LogP contribution in [0.2, 0.25) is 0 Å². The van der Waals surface area contributed by atoms with Crippen molar-refractivity contribution in [1.82, 2.24) is 4.57 Å². The minimum absolute atomic E-state index is 0.0605. The fraction of sp³-hybridized carbons (Fsp3) is 0.429. The molecule has 2 nitrogen and oxygen atoms in total. The number of benzene rings is 1. The second kappa shape index (κ2) is 3.11. The maximum absolute atomic E-state index is 9.59. The second-order valence-corrected chi connectivity index (χ2v) is 4.98. The van der Waals surface area contributed by atoms with E-state index in [1.807, 2.05) is 0 Å². The van der Waals surface area contributed by atoms with Crippen molar-refractivity contribution in [2.24, 2.45) is 7.05 Å². The monoisotopic (exact) mass is 215 g/mol. The quantitative estimate of drug-likeness (QED) is 0.818. The molecule has 1 aliphatic carbocycles. The molecular weight excluding hydrogens is 198 g/mol. The average Bonchev–Trinajstić information content (AvgIpc) is 3.05. The Morgan fingerprint density at radius 2 is 2.00 bits per heavy atom. The summed E-state index contributed by atoms with van der Waals surface area (Å²) in [6.07, 6.45) is 2.25. The standard InChI is InChI=1S/C14H17NO/c1-10-13(14(9-16)7-8-14)11-5-3-4-6-12(11)15(10)2/h3-6,16H,7-9H2,1-2H3. The number of aryl methyl sites for hydroxylation is 1. The van der Waals surface area contributed by atoms with Gasteiger partial charge in [0.1, 0.15) is 0 Å². The van der Waals surface area contributed by atoms with E-state index in [-0.39, 0.29) is 12.0 Å². The number of para-hydroxylation sites is 1. The Balaban J connectivity index is 2.36. The van der Waals surface area contributed by atoms with E-state index in [9.17, 15) is 5.11 Å². The minimum Gasteiger partial charge on any atom is -0.395 e. The largest absolute Gasteiger partial charge is 0.395 e. The molecule has 1 aliphatic rings. The highest BCUT2D eigenvalue weighted by Crippen LogP contribution is 2.51. The Labute approximate surface area is 95.5 Å². The molecule has 0 atom stereocenters. The van der Waals surface area contributed by atoms with Crippen LogP contribution in [0.25, 0.3) is 10.9 Å². The van der Waals surface area contributed by atoms with Gasteiger partial charge < -0.3 is 9.67 Å². The maximum atomic E-state index is 9.59. The van der Waals surface area contributed by atoms with E-state index < -0.39 is 0 Å². The van der Waals surface area contributed by atoms with E-state index in [0.717, 1.165) is 12.8 Å². The molecule has 0 saturated heterocycles. The molecule has 84 valence electrons. The van der Waals surface area contributed by atoms with Crippen LogP contribution >= 0.6 is 0 Å². The highest BCUT2D eigenvalue weighted by Gasteiger charge is 2.46. The first-order valence-corrected chi connectivity index (χ1v) is 5.85. The van der Waals surface area contributed by atoms with Gasteiger partial charge in [-0.05, 0) is 31.4 Å². The number of fused-ring (bicyclic) bond motifs is 1. The summed E-state index contributed by atoms with van der Waals surface area (Å²) >= 11 is 0. The molecule has 0 radical (unpaired) electrons. The molecule has 0 aliphatic heterocycles. The van der Waals surface area contributed by atoms with Crippen molar-refractivity contribution in [2.75, 3.05) is 6.61 Å². The number of rotatable bonds is 2. The van der Waals surface area contributed by atoms with Gasteiger partial charge in [-0.2, -0.15) is 0 Å². The normalized spacial score (nSPS) is 17.9. The van der Waals surface area contributed by atoms with Crippen LogP contribution in [0.3, 0.4) is 0 Å². The average molecular weight is 215 g/mol. The van der Waals surface area contributed by atoms with Crippen molar-refractivity contribution < 1.29 is 5.11 Å². The fourth-order valence-electron chi connectivity index (χ4n) is 2.83. The number of hydrogen-bond acceptors (Lipinski definition) is 1. The third-order valence-electron chi connectivity index (χ3n) is 4.09. The van der Waals surface area contributed by atoms with E-state index in [4.69, 9.17) is 0 Å². The van der Waals surface area contributed by atoms with Gasteiger partial charge in [0.25, 0.3) is 0 Å². The zero-order chi connectivity index (χ0) is 11.3. The van der Waals surface area contributed by atoms with Gasteiger partial charge in [-0.3, -0.25) is 0 Å². The van der Waals surface area contributed by atoms with Gasteiger partial charge >= 0.3 is 0 Å². The van der Waals surface area contributed by atoms with Gasteiger partial charge in [-0.15, -0.1) is 0 Å². The summed E-state index contributed by atoms with van der Waals surface area (Å²) in [5.41, 5.74) is 4.00. The van der Waals surface area contributed by atoms with Gasteiger partial charge in [0.15, 0.2) is 0 Å².